The number of carboxylic acid groups (broad SMARTS) is 1. The molecule has 1 aromatic carbocycles. The van der Waals surface area contributed by atoms with Crippen molar-refractivity contribution >= 4 is 35.6 Å². The fourth-order valence-electron chi connectivity index (χ4n) is 8.42. The smallest absolute Gasteiger partial charge is 0.303 e. The number of phenols is 1. The Kier molecular flexibility index (Phi) is 23.9. The number of amides is 2. The second kappa shape index (κ2) is 30.2. The lowest BCUT2D eigenvalue weighted by molar-refractivity contribution is -0.139. The number of nitrogens with one attached hydrogen (secondary N) is 1. The molecule has 0 saturated carbocycles. The molecule has 5 unspecified atom stereocenters. The molecule has 2 saturated heterocycles. The molecule has 6 rings (SSSR count). The molecular formula is C48H73ClN17O8-. The van der Waals surface area contributed by atoms with Gasteiger partial charge in [-0.15, -0.1) is 16.6 Å². The molecule has 3 aromatic heterocycles. The summed E-state index contributed by atoms with van der Waals surface area (Å²) in [4.78, 5) is 62.3. The summed E-state index contributed by atoms with van der Waals surface area (Å²) in [6.45, 7) is 10.3. The minimum Gasteiger partial charge on any atom is -1.00 e. The Labute approximate surface area is 438 Å². The number of halogens is 1. The van der Waals surface area contributed by atoms with Gasteiger partial charge in [-0.25, -0.2) is 9.36 Å². The summed E-state index contributed by atoms with van der Waals surface area (Å²) in [5.41, 5.74) is 20.8. The van der Waals surface area contributed by atoms with Gasteiger partial charge in [0, 0.05) is 65.3 Å². The highest BCUT2D eigenvalue weighted by molar-refractivity contribution is 5.81. The summed E-state index contributed by atoms with van der Waals surface area (Å²) in [5, 5.41) is 39.8. The van der Waals surface area contributed by atoms with Gasteiger partial charge < -0.3 is 78.9 Å². The van der Waals surface area contributed by atoms with Crippen LogP contribution in [0.25, 0.3) is 0 Å². The van der Waals surface area contributed by atoms with Crippen molar-refractivity contribution in [2.45, 2.75) is 83.0 Å². The van der Waals surface area contributed by atoms with E-state index in [4.69, 9.17) is 52.8 Å². The van der Waals surface area contributed by atoms with Crippen molar-refractivity contribution in [3.05, 3.63) is 53.6 Å². The second-order valence-electron chi connectivity index (χ2n) is 18.2. The number of nitrogens with two attached hydrogens (primary N) is 3. The third-order valence-corrected chi connectivity index (χ3v) is 13.0. The van der Waals surface area contributed by atoms with Gasteiger partial charge in [0.25, 0.3) is 0 Å². The summed E-state index contributed by atoms with van der Waals surface area (Å²) in [5.74, 6) is 2.53. The molecule has 2 amide bonds. The molecule has 2 aliphatic heterocycles. The maximum atomic E-state index is 14.3. The number of anilines is 3. The van der Waals surface area contributed by atoms with Crippen LogP contribution in [0, 0.1) is 18.3 Å². The zero-order valence-corrected chi connectivity index (χ0v) is 43.2. The van der Waals surface area contributed by atoms with E-state index in [1.165, 1.54) is 4.68 Å². The molecular weight excluding hydrogens is 978 g/mol. The van der Waals surface area contributed by atoms with Crippen molar-refractivity contribution in [3.8, 4) is 18.1 Å². The zero-order valence-electron chi connectivity index (χ0n) is 42.5. The summed E-state index contributed by atoms with van der Waals surface area (Å²) in [6, 6.07) is 4.34. The number of carbonyl (C=O) groups is 3. The van der Waals surface area contributed by atoms with Gasteiger partial charge >= 0.3 is 5.97 Å². The van der Waals surface area contributed by atoms with E-state index >= 15 is 0 Å². The molecule has 0 bridgehead atoms. The number of nitrogens with zero attached hydrogens (tertiary/aromatic N) is 13. The standard InChI is InChI=1S/C48H73N17O8.ClH/c1-4-25-71-27-29-73-30-28-72-26-16-52-46-53-47(62-21-17-60(18-22-62)44(69)40(8-6-7-15-49)65-33-39(57-59-65)43(51)34(3)5-2)55-48(54-46)63-23-19-61(20-24-63)45(70)41(13-14-42(67)68)64-32-38(56-58-64)37(50)31-35-9-11-36(66)12-10-35;/h1,9-12,32-34,37,40-41,43,66H,5-8,13-31,49-51H2,2-3H3,(H,67,68)(H,52,53,54,55);1H/p-1. The zero-order chi connectivity index (χ0) is 52.1. The number of hydrogen-bond acceptors (Lipinski definition) is 20. The summed E-state index contributed by atoms with van der Waals surface area (Å²) in [6.07, 6.45) is 11.7. The van der Waals surface area contributed by atoms with E-state index < -0.39 is 24.1 Å². The minimum absolute atomic E-state index is 0. The SMILES string of the molecule is C#CCOCCOCCOCCNc1nc(N2CCN(C(=O)C(CCC(=O)O)n3cc(C(N)Cc4ccc(O)cc4)nn3)CC2)nc(N2CCN(C(=O)C(CCCCN)n3cc(C(N)C(C)CC)nn3)CC2)n1.[Cl-]. The predicted octanol–water partition coefficient (Wildman–Crippen LogP) is -2.08. The van der Waals surface area contributed by atoms with E-state index in [0.29, 0.717) is 141 Å². The van der Waals surface area contributed by atoms with Crippen molar-refractivity contribution in [2.75, 3.05) is 120 Å². The predicted molar refractivity (Wildman–Crippen MR) is 270 cm³/mol. The van der Waals surface area contributed by atoms with Crippen molar-refractivity contribution in [1.29, 1.82) is 0 Å². The van der Waals surface area contributed by atoms with E-state index in [1.807, 2.05) is 14.7 Å². The first-order valence-electron chi connectivity index (χ1n) is 25.2. The third-order valence-electron chi connectivity index (χ3n) is 13.0. The Morgan fingerprint density at radius 2 is 1.31 bits per heavy atom. The summed E-state index contributed by atoms with van der Waals surface area (Å²) >= 11 is 0. The molecule has 406 valence electrons. The number of carbonyl (C=O) groups excluding carboxylic acids is 2. The van der Waals surface area contributed by atoms with Gasteiger partial charge in [0.1, 0.15) is 24.4 Å². The highest BCUT2D eigenvalue weighted by atomic mass is 35.5. The third kappa shape index (κ3) is 17.1. The van der Waals surface area contributed by atoms with Gasteiger partial charge in [0.15, 0.2) is 0 Å². The molecule has 0 aliphatic carbocycles. The van der Waals surface area contributed by atoms with E-state index in [1.54, 1.807) is 46.2 Å². The van der Waals surface area contributed by atoms with Crippen LogP contribution >= 0.6 is 0 Å². The van der Waals surface area contributed by atoms with Crippen LogP contribution in [-0.2, 0) is 35.0 Å². The van der Waals surface area contributed by atoms with Crippen LogP contribution in [0.15, 0.2) is 36.7 Å². The molecule has 4 aromatic rings. The second-order valence-corrected chi connectivity index (χ2v) is 18.2. The average molecular weight is 1050 g/mol. The number of aromatic nitrogens is 9. The number of hydrogen-bond donors (Lipinski definition) is 6. The largest absolute Gasteiger partial charge is 1.00 e. The Bertz CT molecular complexity index is 2370. The molecule has 2 aliphatic rings. The van der Waals surface area contributed by atoms with Crippen molar-refractivity contribution < 1.29 is 51.2 Å². The fraction of sp³-hybridized carbons (Fsp3) is 0.625. The number of aromatic hydroxyl groups is 1. The first kappa shape index (κ1) is 58.6. The van der Waals surface area contributed by atoms with Crippen LogP contribution in [0.1, 0.15) is 93.5 Å². The van der Waals surface area contributed by atoms with Crippen LogP contribution in [0.2, 0.25) is 0 Å². The number of aliphatic carboxylic acids is 1. The molecule has 0 radical (unpaired) electrons. The molecule has 0 spiro atoms. The Balaban J connectivity index is 0.0000101. The number of benzene rings is 1. The molecule has 9 N–H and O–H groups in total. The highest BCUT2D eigenvalue weighted by Crippen LogP contribution is 2.27. The minimum atomic E-state index is -1.04. The molecule has 5 heterocycles. The van der Waals surface area contributed by atoms with Crippen molar-refractivity contribution in [3.63, 3.8) is 0 Å². The lowest BCUT2D eigenvalue weighted by Gasteiger charge is -2.38. The normalized spacial score (nSPS) is 15.9. The quantitative estimate of drug-likeness (QED) is 0.0241. The Hall–Kier alpha value is -6.27. The van der Waals surface area contributed by atoms with Crippen LogP contribution in [0.5, 0.6) is 5.75 Å². The lowest BCUT2D eigenvalue weighted by atomic mass is 9.98. The van der Waals surface area contributed by atoms with E-state index in [-0.39, 0.29) is 61.4 Å². The summed E-state index contributed by atoms with van der Waals surface area (Å²) in [7, 11) is 0. The maximum absolute atomic E-state index is 14.3. The number of carboxylic acids is 1. The summed E-state index contributed by atoms with van der Waals surface area (Å²) < 4.78 is 19.6. The molecule has 25 nitrogen and oxygen atoms in total. The molecule has 74 heavy (non-hydrogen) atoms. The molecule has 26 heteroatoms. The molecule has 5 atom stereocenters. The number of terminal acetylenes is 1. The number of rotatable bonds is 30. The van der Waals surface area contributed by atoms with Crippen LogP contribution in [0.4, 0.5) is 17.8 Å². The monoisotopic (exact) mass is 1050 g/mol. The number of phenolic OH excluding ortho intramolecular Hbond substituents is 1. The van der Waals surface area contributed by atoms with Gasteiger partial charge in [0.05, 0.1) is 68.9 Å². The lowest BCUT2D eigenvalue weighted by Crippen LogP contribution is -3.00. The maximum Gasteiger partial charge on any atom is 0.303 e. The number of piperazine rings is 2. The topological polar surface area (TPSA) is 322 Å². The molecule has 2 fully saturated rings. The van der Waals surface area contributed by atoms with Crippen molar-refractivity contribution in [1.82, 2.24) is 54.7 Å². The van der Waals surface area contributed by atoms with E-state index in [9.17, 15) is 24.6 Å². The van der Waals surface area contributed by atoms with Crippen LogP contribution < -0.4 is 44.7 Å². The van der Waals surface area contributed by atoms with Gasteiger partial charge in [-0.1, -0.05) is 48.7 Å². The van der Waals surface area contributed by atoms with E-state index in [0.717, 1.165) is 24.8 Å². The van der Waals surface area contributed by atoms with Crippen molar-refractivity contribution in [2.24, 2.45) is 23.1 Å². The first-order chi connectivity index (χ1) is 35.4. The fourth-order valence-corrected chi connectivity index (χ4v) is 8.42. The Morgan fingerprint density at radius 1 is 0.770 bits per heavy atom. The van der Waals surface area contributed by atoms with Gasteiger partial charge in [0.2, 0.25) is 29.7 Å². The van der Waals surface area contributed by atoms with Gasteiger partial charge in [-0.05, 0) is 62.3 Å². The first-order valence-corrected chi connectivity index (χ1v) is 25.2. The average Bonchev–Trinajstić information content (AvgIpc) is 4.11. The number of ether oxygens (including phenoxy) is 3. The van der Waals surface area contributed by atoms with Crippen LogP contribution in [-0.4, -0.2) is 188 Å². The Morgan fingerprint density at radius 3 is 1.86 bits per heavy atom. The van der Waals surface area contributed by atoms with Gasteiger partial charge in [-0.3, -0.25) is 14.4 Å². The van der Waals surface area contributed by atoms with Crippen LogP contribution in [0.3, 0.4) is 0 Å². The van der Waals surface area contributed by atoms with E-state index in [2.05, 4.69) is 45.7 Å². The van der Waals surface area contributed by atoms with Gasteiger partial charge in [-0.2, -0.15) is 15.0 Å². The highest BCUT2D eigenvalue weighted by Gasteiger charge is 2.34. The number of unbranched alkanes of at least 4 members (excludes halogenated alkanes) is 1.